The maximum absolute atomic E-state index is 13.0. The van der Waals surface area contributed by atoms with Crippen molar-refractivity contribution in [2.45, 2.75) is 95.8 Å². The van der Waals surface area contributed by atoms with Gasteiger partial charge >= 0.3 is 46.7 Å². The van der Waals surface area contributed by atoms with Crippen molar-refractivity contribution in [3.05, 3.63) is 300 Å². The number of benzene rings is 5. The number of piperazine rings is 3. The molecule has 0 radical (unpaired) electrons. The van der Waals surface area contributed by atoms with Crippen molar-refractivity contribution >= 4 is 100 Å². The molecule has 758 valence electrons. The van der Waals surface area contributed by atoms with E-state index < -0.39 is 52.1 Å². The third-order valence-electron chi connectivity index (χ3n) is 27.0. The Labute approximate surface area is 833 Å². The van der Waals surface area contributed by atoms with E-state index in [2.05, 4.69) is 119 Å². The van der Waals surface area contributed by atoms with Crippen LogP contribution >= 0.6 is 0 Å². The number of hydrogen-bond acceptors (Lipinski definition) is 27. The largest absolute Gasteiger partial charge is 0.422 e. The molecule has 0 bridgehead atoms. The van der Waals surface area contributed by atoms with Crippen LogP contribution in [0.5, 0.6) is 0 Å². The fourth-order valence-electron chi connectivity index (χ4n) is 18.7. The van der Waals surface area contributed by atoms with Gasteiger partial charge in [0.05, 0.1) is 73.0 Å². The number of imidazole rings is 3. The zero-order valence-corrected chi connectivity index (χ0v) is 80.8. The summed E-state index contributed by atoms with van der Waals surface area (Å²) in [5.74, 6) is 2.19. The van der Waals surface area contributed by atoms with Gasteiger partial charge in [0.15, 0.2) is 0 Å². The Morgan fingerprint density at radius 1 is 0.361 bits per heavy atom. The fourth-order valence-corrected chi connectivity index (χ4v) is 18.7. The minimum absolute atomic E-state index is 0.103. The molecule has 0 unspecified atom stereocenters. The molecule has 13 aromatic heterocycles. The maximum atomic E-state index is 13.0. The molecule has 6 aliphatic rings. The molecule has 1 saturated carbocycles. The van der Waals surface area contributed by atoms with Gasteiger partial charge < -0.3 is 86.0 Å². The van der Waals surface area contributed by atoms with Crippen molar-refractivity contribution in [3.8, 4) is 56.3 Å². The highest BCUT2D eigenvalue weighted by Crippen LogP contribution is 2.41. The van der Waals surface area contributed by atoms with Crippen molar-refractivity contribution in [3.63, 3.8) is 0 Å². The van der Waals surface area contributed by atoms with Crippen LogP contribution in [0.25, 0.3) is 128 Å². The summed E-state index contributed by atoms with van der Waals surface area (Å²) in [5, 5.41) is 17.4. The fraction of sp³-hybridized carbons (Fsp3) is 0.315. The Hall–Kier alpha value is -15.5. The van der Waals surface area contributed by atoms with Gasteiger partial charge in [-0.1, -0.05) is 13.8 Å². The minimum Gasteiger partial charge on any atom is -0.422 e. The van der Waals surface area contributed by atoms with E-state index in [0.717, 1.165) is 242 Å². The Kier molecular flexibility index (Phi) is 28.0. The second-order valence-electron chi connectivity index (χ2n) is 37.8. The van der Waals surface area contributed by atoms with Crippen LogP contribution in [-0.4, -0.2) is 190 Å². The number of alkyl halides is 9. The average Bonchev–Trinajstić information content (AvgIpc) is 1.68. The summed E-state index contributed by atoms with van der Waals surface area (Å²) in [7, 11) is 2.10. The summed E-state index contributed by atoms with van der Waals surface area (Å²) < 4.78 is 149. The lowest BCUT2D eigenvalue weighted by molar-refractivity contribution is -0.138. The van der Waals surface area contributed by atoms with Crippen molar-refractivity contribution in [1.29, 1.82) is 0 Å². The number of pyridine rings is 3. The molecule has 5 saturated heterocycles. The highest BCUT2D eigenvalue weighted by Gasteiger charge is 2.35. The molecule has 24 rings (SSSR count). The number of nitrogens with one attached hydrogen (secondary N) is 4. The van der Waals surface area contributed by atoms with E-state index in [9.17, 15) is 63.5 Å². The molecular formula is C108H103F9N20O10. The molecular weight excluding hydrogens is 1910 g/mol. The van der Waals surface area contributed by atoms with E-state index in [0.29, 0.717) is 73.8 Å². The van der Waals surface area contributed by atoms with Gasteiger partial charge in [-0.05, 0) is 199 Å². The van der Waals surface area contributed by atoms with Gasteiger partial charge in [0.1, 0.15) is 56.5 Å². The van der Waals surface area contributed by atoms with Crippen LogP contribution in [-0.2, 0) is 18.5 Å². The van der Waals surface area contributed by atoms with Crippen LogP contribution in [0.1, 0.15) is 93.6 Å². The van der Waals surface area contributed by atoms with Crippen molar-refractivity contribution in [2.75, 3.05) is 149 Å². The molecule has 2 atom stereocenters. The zero-order valence-electron chi connectivity index (χ0n) is 80.8. The summed E-state index contributed by atoms with van der Waals surface area (Å²) in [5.41, 5.74) is 6.81. The summed E-state index contributed by atoms with van der Waals surface area (Å²) in [6, 6.07) is 48.0. The van der Waals surface area contributed by atoms with Crippen LogP contribution < -0.4 is 73.9 Å². The smallest absolute Gasteiger partial charge is 0.416 e. The number of hydrogen-bond donors (Lipinski definition) is 4. The molecule has 6 fully saturated rings. The van der Waals surface area contributed by atoms with E-state index in [1.807, 2.05) is 105 Å². The first-order valence-electron chi connectivity index (χ1n) is 48.8. The van der Waals surface area contributed by atoms with Gasteiger partial charge in [-0.2, -0.15) is 39.5 Å². The topological polar surface area (TPSA) is 322 Å². The molecule has 5 aromatic carbocycles. The molecule has 0 spiro atoms. The first kappa shape index (κ1) is 98.9. The lowest BCUT2D eigenvalue weighted by atomic mass is 10.1. The predicted octanol–water partition coefficient (Wildman–Crippen LogP) is 17.8. The van der Waals surface area contributed by atoms with Crippen LogP contribution in [0, 0.1) is 0 Å². The SMILES string of the molecule is CC(C)c1nccc(-c2cc3ccc(N4CCNCC4)cc3oc2=O)n1.CN1CCCN(c2ccc3cc(-c4cn5ccc(C(F)(F)F)cc5n4)c(=O)oc3c2)CC1.C[C@@H]1CN[C@@H](C)CN1c1ccc2cc(-c3cn4ccc(C(F)(F)F)cc4n3)c(=O)oc2c1.O=c1oc2cc(N3CCCNCC3)ccc2cc1-c1cn2ccc(C(F)(F)F)cc2n1.O=c1oc2cc(N3CCNCC3)ccc2cc1-c1ccnc(C2CC2)n1. The number of halogens is 9. The first-order chi connectivity index (χ1) is 70.7. The second kappa shape index (κ2) is 41.6. The molecule has 4 N–H and O–H groups in total. The van der Waals surface area contributed by atoms with Gasteiger partial charge in [0.2, 0.25) is 0 Å². The summed E-state index contributed by atoms with van der Waals surface area (Å²) >= 11 is 0. The molecule has 39 heteroatoms. The zero-order chi connectivity index (χ0) is 102. The Morgan fingerprint density at radius 3 is 1.10 bits per heavy atom. The van der Waals surface area contributed by atoms with Crippen LogP contribution in [0.15, 0.2) is 265 Å². The van der Waals surface area contributed by atoms with Crippen LogP contribution in [0.4, 0.5) is 68.0 Å². The van der Waals surface area contributed by atoms with E-state index in [4.69, 9.17) is 22.1 Å². The van der Waals surface area contributed by atoms with E-state index in [1.54, 1.807) is 42.7 Å². The molecule has 18 heterocycles. The Bertz CT molecular complexity index is 8120. The maximum Gasteiger partial charge on any atom is 0.416 e. The highest BCUT2D eigenvalue weighted by molar-refractivity contribution is 5.89. The number of aromatic nitrogens is 10. The molecule has 1 aliphatic carbocycles. The van der Waals surface area contributed by atoms with Crippen LogP contribution in [0.3, 0.4) is 0 Å². The van der Waals surface area contributed by atoms with Crippen molar-refractivity contribution in [2.24, 2.45) is 0 Å². The van der Waals surface area contributed by atoms with Gasteiger partial charge in [-0.15, -0.1) is 0 Å². The molecule has 30 nitrogen and oxygen atoms in total. The third-order valence-corrected chi connectivity index (χ3v) is 27.0. The van der Waals surface area contributed by atoms with Gasteiger partial charge in [-0.25, -0.2) is 58.9 Å². The van der Waals surface area contributed by atoms with Crippen molar-refractivity contribution < 1.29 is 61.6 Å². The Morgan fingerprint density at radius 2 is 0.707 bits per heavy atom. The average molecular weight is 2010 g/mol. The van der Waals surface area contributed by atoms with E-state index in [-0.39, 0.29) is 67.9 Å². The first-order valence-corrected chi connectivity index (χ1v) is 48.8. The van der Waals surface area contributed by atoms with Gasteiger partial charge in [-0.3, -0.25) is 0 Å². The summed E-state index contributed by atoms with van der Waals surface area (Å²) in [6.07, 6.45) is 2.78. The predicted molar refractivity (Wildman–Crippen MR) is 547 cm³/mol. The summed E-state index contributed by atoms with van der Waals surface area (Å²) in [4.78, 5) is 107. The molecule has 147 heavy (non-hydrogen) atoms. The third kappa shape index (κ3) is 22.4. The lowest BCUT2D eigenvalue weighted by Gasteiger charge is -2.39. The molecule has 5 aliphatic heterocycles. The quantitative estimate of drug-likeness (QED) is 0.0652. The minimum atomic E-state index is -4.47. The second-order valence-corrected chi connectivity index (χ2v) is 37.8. The van der Waals surface area contributed by atoms with Gasteiger partial charge in [0.25, 0.3) is 0 Å². The van der Waals surface area contributed by atoms with Crippen LogP contribution in [0.2, 0.25) is 0 Å². The number of nitrogens with zero attached hydrogens (tertiary/aromatic N) is 16. The molecule has 18 aromatic rings. The highest BCUT2D eigenvalue weighted by atomic mass is 19.4. The van der Waals surface area contributed by atoms with Gasteiger partial charge in [0, 0.05) is 264 Å². The van der Waals surface area contributed by atoms with E-state index >= 15 is 0 Å². The van der Waals surface area contributed by atoms with Crippen molar-refractivity contribution in [1.82, 2.24) is 74.3 Å². The van der Waals surface area contributed by atoms with E-state index in [1.165, 1.54) is 50.4 Å². The number of fused-ring (bicyclic) bond motifs is 8. The number of anilines is 5. The summed E-state index contributed by atoms with van der Waals surface area (Å²) in [6.45, 7) is 25.2. The monoisotopic (exact) mass is 2010 g/mol. The lowest BCUT2D eigenvalue weighted by Crippen LogP contribution is -2.54. The number of likely N-dealkylation sites (N-methyl/N-ethyl adjacent to an activating group) is 1. The molecule has 0 amide bonds. The standard InChI is InChI=1S/2C23H21F3N4O2.C22H19F3N4O2.C20H20N4O2.C20H22N4O2/c1-13-11-30(14(2)10-27-13)17-4-3-15-7-18(22(31)32-20(15)9-17)19-12-29-6-5-16(23(24,25)26)8-21(29)28-19;1-28-6-2-7-29(10-9-28)17-4-3-15-11-18(22(31)32-20(15)13-17)19-14-30-8-5-16(23(24,25)26)12-21(30)27-19;23-22(24,25)15-4-8-29-13-18(27-20(29)11-15)17-10-14-2-3-16(12-19(14)31-21(17)30)28-7-1-5-26-6-9-28;25-20-16(17-5-6-22-19(23-17)13-1-2-13)11-14-3-4-15(12-18(14)26-20)24-9-7-21-8-10-24;1-13(2)19-22-6-5-17(23-19)16-11-14-3-4-15(12-18(14)26-20(16)25)24-9-7-21-8-10-24/h3-9,12-14,27H,10-11H2,1-2H3;3-5,8,11-14H,2,6-7,9-10H2,1H3;2-4,8,10-13,26H,1,5-7,9H2;3-6,11-13,21H,1-2,7-10H2;3-6,11-13,21H,7-10H2,1-2H3/t13-,14+;;;;/m0..../s1. The Balaban J connectivity index is 0.000000112. The normalized spacial score (nSPS) is 16.8. The number of rotatable bonds is 12.